The molecule has 0 amide bonds. The van der Waals surface area contributed by atoms with Gasteiger partial charge in [-0.3, -0.25) is 29.1 Å². The molecule has 10 heterocycles. The Morgan fingerprint density at radius 1 is 0.279 bits per heavy atom. The van der Waals surface area contributed by atoms with Crippen molar-refractivity contribution in [1.29, 1.82) is 0 Å². The molecule has 14 aromatic carbocycles. The van der Waals surface area contributed by atoms with Gasteiger partial charge in [0, 0.05) is 136 Å². The fraction of sp³-hybridized carbons (Fsp3) is 0.250. The number of benzene rings is 14. The van der Waals surface area contributed by atoms with Crippen molar-refractivity contribution in [3.8, 4) is 23.0 Å². The maximum atomic E-state index is 13.1. The first-order valence-corrected chi connectivity index (χ1v) is 48.5. The number of aliphatic hydroxyl groups is 2. The molecular formula is C120H102N10O10. The average molecular weight is 1840 g/mol. The highest BCUT2D eigenvalue weighted by Crippen LogP contribution is 2.59. The van der Waals surface area contributed by atoms with E-state index in [4.69, 9.17) is 58.8 Å². The zero-order valence-electron chi connectivity index (χ0n) is 79.5. The normalized spacial score (nSPS) is 19.9. The average Bonchev–Trinajstić information content (AvgIpc) is 0.717. The summed E-state index contributed by atoms with van der Waals surface area (Å²) in [5.74, 6) is 6.03. The van der Waals surface area contributed by atoms with Gasteiger partial charge in [-0.2, -0.15) is 0 Å². The number of rotatable bonds is 8. The van der Waals surface area contributed by atoms with Gasteiger partial charge in [-0.05, 0) is 202 Å². The number of carbonyl (C=O) groups is 4. The Labute approximate surface area is 807 Å². The summed E-state index contributed by atoms with van der Waals surface area (Å²) in [6, 6.07) is 83.9. The molecule has 8 atom stereocenters. The number of ether oxygens (including phenoxy) is 4. The summed E-state index contributed by atoms with van der Waals surface area (Å²) in [4.78, 5) is 101. The summed E-state index contributed by atoms with van der Waals surface area (Å²) in [6.45, 7) is 21.3. The van der Waals surface area contributed by atoms with Crippen LogP contribution in [0.25, 0.3) is 131 Å². The van der Waals surface area contributed by atoms with Gasteiger partial charge in [0.05, 0.1) is 100 Å². The van der Waals surface area contributed by atoms with E-state index in [0.29, 0.717) is 121 Å². The van der Waals surface area contributed by atoms with Crippen LogP contribution in [0.1, 0.15) is 206 Å². The second kappa shape index (κ2) is 34.3. The monoisotopic (exact) mass is 1840 g/mol. The Morgan fingerprint density at radius 2 is 0.557 bits per heavy atom. The van der Waals surface area contributed by atoms with Crippen molar-refractivity contribution in [1.82, 2.24) is 49.8 Å². The van der Waals surface area contributed by atoms with Gasteiger partial charge in [-0.25, -0.2) is 39.9 Å². The van der Waals surface area contributed by atoms with Crippen LogP contribution >= 0.6 is 0 Å². The number of fused-ring (bicyclic) bond motifs is 32. The first kappa shape index (κ1) is 88.6. The molecular weight excluding hydrogens is 1740 g/mol. The second-order valence-corrected chi connectivity index (χ2v) is 40.8. The van der Waals surface area contributed by atoms with Crippen LogP contribution in [0.5, 0.6) is 23.0 Å². The van der Waals surface area contributed by atoms with Crippen LogP contribution in [0.4, 0.5) is 0 Å². The molecule has 692 valence electrons. The molecule has 2 saturated carbocycles. The number of pyridine rings is 2. The van der Waals surface area contributed by atoms with Crippen molar-refractivity contribution in [3.63, 3.8) is 0 Å². The van der Waals surface area contributed by atoms with E-state index < -0.39 is 23.4 Å². The summed E-state index contributed by atoms with van der Waals surface area (Å²) in [6.07, 6.45) is 9.84. The zero-order valence-corrected chi connectivity index (χ0v) is 79.5. The van der Waals surface area contributed by atoms with Gasteiger partial charge in [0.25, 0.3) is 0 Å². The molecule has 2 aliphatic carbocycles. The van der Waals surface area contributed by atoms with Crippen molar-refractivity contribution in [3.05, 3.63) is 346 Å². The Kier molecular flexibility index (Phi) is 21.7. The van der Waals surface area contributed by atoms with E-state index in [2.05, 4.69) is 87.9 Å². The minimum Gasteiger partial charge on any atom is -0.487 e. The third-order valence-corrected chi connectivity index (χ3v) is 30.0. The van der Waals surface area contributed by atoms with E-state index >= 15 is 0 Å². The van der Waals surface area contributed by atoms with Crippen LogP contribution in [0, 0.1) is 23.7 Å². The van der Waals surface area contributed by atoms with Gasteiger partial charge in [0.2, 0.25) is 11.6 Å². The van der Waals surface area contributed by atoms with Gasteiger partial charge < -0.3 is 29.2 Å². The molecule has 6 aliphatic rings. The van der Waals surface area contributed by atoms with E-state index in [9.17, 15) is 29.4 Å². The standard InChI is InChI=1S/2C32H29N3O2.2C28H22N2O3/c1-18-11-13-23-22(16-18)27-29-28(20-8-4-5-9-21(20)31(27)37-32(23,2)3)35-26-17-19(12-14-24(26)34-29)30(36)25-10-6-7-15-33-25;1-18-11-13-23-22(16-18)27-29-28(20-8-4-5-9-21(20)31(27)37-32(23,2)3)34-24-14-12-19(17-26(24)35-29)30(36)25-10-6-7-15-33-25;1-28(2)23(31)15-20-25-24(18-10-6-7-11-19(18)27(20)33-28)30-22-14-17(12-13-21(22)29-25)26(32)16-8-4-3-5-9-16;1-28(2)23(31)15-20-25-24(18-10-6-7-11-19(18)27(20)33-28)29-21-13-12-17(14-22(21)30-25)26(32)16-8-4-3-5-9-16/h2*4-10,12,14-15,17-18,22-23H,11,13,16H2,1-3H3;2*3-14,23,31H,15H2,1-2H3/t2*18-,22-,23-;;/m00../s1. The van der Waals surface area contributed by atoms with Crippen LogP contribution in [0.3, 0.4) is 0 Å². The third-order valence-electron chi connectivity index (χ3n) is 30.0. The summed E-state index contributed by atoms with van der Waals surface area (Å²) < 4.78 is 26.3. The highest BCUT2D eigenvalue weighted by molar-refractivity contribution is 6.18. The lowest BCUT2D eigenvalue weighted by Gasteiger charge is -2.49. The summed E-state index contributed by atoms with van der Waals surface area (Å²) >= 11 is 0. The topological polar surface area (TPSA) is 275 Å². The number of nitrogens with zero attached hydrogens (tertiary/aromatic N) is 10. The second-order valence-electron chi connectivity index (χ2n) is 40.8. The summed E-state index contributed by atoms with van der Waals surface area (Å²) in [5, 5.41) is 29.6. The number of aliphatic hydroxyl groups excluding tert-OH is 2. The molecule has 0 saturated heterocycles. The number of hydrogen-bond donors (Lipinski definition) is 2. The minimum absolute atomic E-state index is 0.0477. The first-order chi connectivity index (χ1) is 67.6. The summed E-state index contributed by atoms with van der Waals surface area (Å²) in [5.41, 5.74) is 18.9. The van der Waals surface area contributed by atoms with Crippen LogP contribution < -0.4 is 18.9 Å². The lowest BCUT2D eigenvalue weighted by Crippen LogP contribution is -2.46. The Balaban J connectivity index is 0.000000104. The zero-order chi connectivity index (χ0) is 96.1. The molecule has 0 spiro atoms. The lowest BCUT2D eigenvalue weighted by molar-refractivity contribution is -0.0396. The van der Waals surface area contributed by atoms with Gasteiger partial charge >= 0.3 is 0 Å². The molecule has 2 N–H and O–H groups in total. The Morgan fingerprint density at radius 3 is 0.907 bits per heavy atom. The molecule has 0 radical (unpaired) electrons. The van der Waals surface area contributed by atoms with Crippen LogP contribution in [-0.4, -0.2) is 118 Å². The van der Waals surface area contributed by atoms with Gasteiger partial charge in [-0.15, -0.1) is 0 Å². The minimum atomic E-state index is -0.705. The number of aromatic nitrogens is 10. The smallest absolute Gasteiger partial charge is 0.211 e. The predicted octanol–water partition coefficient (Wildman–Crippen LogP) is 25.0. The van der Waals surface area contributed by atoms with Crippen molar-refractivity contribution in [2.24, 2.45) is 23.7 Å². The maximum Gasteiger partial charge on any atom is 0.211 e. The summed E-state index contributed by atoms with van der Waals surface area (Å²) in [7, 11) is 0. The van der Waals surface area contributed by atoms with Crippen molar-refractivity contribution in [2.45, 2.75) is 167 Å². The Bertz CT molecular complexity index is 8560. The fourth-order valence-corrected chi connectivity index (χ4v) is 22.5. The van der Waals surface area contributed by atoms with E-state index in [1.54, 1.807) is 48.8 Å². The molecule has 140 heavy (non-hydrogen) atoms. The van der Waals surface area contributed by atoms with E-state index in [-0.39, 0.29) is 34.3 Å². The molecule has 2 unspecified atom stereocenters. The number of hydrogen-bond acceptors (Lipinski definition) is 20. The first-order valence-electron chi connectivity index (χ1n) is 48.5. The molecule has 6 aromatic heterocycles. The largest absolute Gasteiger partial charge is 0.487 e. The molecule has 4 aliphatic heterocycles. The van der Waals surface area contributed by atoms with Crippen molar-refractivity contribution in [2.75, 3.05) is 0 Å². The molecule has 26 rings (SSSR count). The quantitative estimate of drug-likeness (QED) is 0.0812. The van der Waals surface area contributed by atoms with Crippen LogP contribution in [0.15, 0.2) is 279 Å². The molecule has 20 heteroatoms. The third kappa shape index (κ3) is 15.5. The van der Waals surface area contributed by atoms with E-state index in [0.717, 1.165) is 164 Å². The van der Waals surface area contributed by atoms with Crippen molar-refractivity contribution >= 4 is 154 Å². The number of ketones is 4. The number of carbonyl (C=O) groups excluding carboxylic acids is 4. The fourth-order valence-electron chi connectivity index (χ4n) is 22.5. The van der Waals surface area contributed by atoms with Crippen molar-refractivity contribution < 1.29 is 48.3 Å². The van der Waals surface area contributed by atoms with Gasteiger partial charge in [0.1, 0.15) is 56.8 Å². The van der Waals surface area contributed by atoms with Crippen LogP contribution in [-0.2, 0) is 12.8 Å². The molecule has 20 aromatic rings. The Hall–Kier alpha value is -15.4. The van der Waals surface area contributed by atoms with Gasteiger partial charge in [0.15, 0.2) is 11.6 Å². The molecule has 2 fully saturated rings. The highest BCUT2D eigenvalue weighted by atomic mass is 16.5. The SMILES string of the molecule is CC1(C)Oc2c(c3nc4cc(C(=O)c5ccccc5)ccc4nc3c3ccccc23)CC1O.CC1(C)Oc2c(c3nc4ccc(C(=O)c5ccccc5)cc4nc3c3ccccc23)CC1O.C[C@H]1CC[C@H]2[C@H](C1)c1c(c3ccccc3c3nc4cc(C(=O)c5ccccn5)ccc4nc13)OC2(C)C.C[C@H]1CC[C@H]2[C@H](C1)c1c(c3ccccc3c3nc4ccc(C(=O)c5ccccn5)cc4nc13)OC2(C)C. The van der Waals surface area contributed by atoms with E-state index in [1.165, 1.54) is 24.0 Å². The highest BCUT2D eigenvalue weighted by Gasteiger charge is 2.50. The molecule has 20 nitrogen and oxygen atoms in total. The lowest BCUT2D eigenvalue weighted by atomic mass is 9.64. The van der Waals surface area contributed by atoms with Gasteiger partial charge in [-0.1, -0.05) is 197 Å². The predicted molar refractivity (Wildman–Crippen MR) is 550 cm³/mol. The molecule has 0 bridgehead atoms. The van der Waals surface area contributed by atoms with E-state index in [1.807, 2.05) is 222 Å². The van der Waals surface area contributed by atoms with Crippen LogP contribution in [0.2, 0.25) is 0 Å². The maximum absolute atomic E-state index is 13.1.